The van der Waals surface area contributed by atoms with E-state index in [2.05, 4.69) is 28.4 Å². The van der Waals surface area contributed by atoms with Crippen LogP contribution >= 0.6 is 0 Å². The van der Waals surface area contributed by atoms with Gasteiger partial charge in [0.15, 0.2) is 0 Å². The van der Waals surface area contributed by atoms with Gasteiger partial charge in [-0.05, 0) is 31.4 Å². The predicted octanol–water partition coefficient (Wildman–Crippen LogP) is 2.71. The van der Waals surface area contributed by atoms with Crippen LogP contribution in [0.2, 0.25) is 0 Å². The molecule has 0 aromatic heterocycles. The summed E-state index contributed by atoms with van der Waals surface area (Å²) in [5.41, 5.74) is 0.416. The Bertz CT molecular complexity index is 501. The predicted molar refractivity (Wildman–Crippen MR) is 83.9 cm³/mol. The highest BCUT2D eigenvalue weighted by Crippen LogP contribution is 2.37. The third-order valence-electron chi connectivity index (χ3n) is 4.26. The first kappa shape index (κ1) is 15.4. The minimum Gasteiger partial charge on any atom is -0.375 e. The molecule has 1 fully saturated rings. The topological polar surface area (TPSA) is 56.1 Å². The highest BCUT2D eigenvalue weighted by Gasteiger charge is 2.41. The Labute approximate surface area is 126 Å². The average Bonchev–Trinajstić information content (AvgIpc) is 3.02. The van der Waals surface area contributed by atoms with E-state index in [4.69, 9.17) is 0 Å². The number of para-hydroxylation sites is 1. The lowest BCUT2D eigenvalue weighted by Gasteiger charge is -2.21. The number of nitrogens with zero attached hydrogens (tertiary/aromatic N) is 2. The molecule has 0 atom stereocenters. The van der Waals surface area contributed by atoms with Gasteiger partial charge in [-0.25, -0.2) is 0 Å². The Hall–Kier alpha value is -2.02. The molecule has 0 aliphatic heterocycles. The zero-order valence-corrected chi connectivity index (χ0v) is 12.6. The first-order valence-electron chi connectivity index (χ1n) is 7.64. The summed E-state index contributed by atoms with van der Waals surface area (Å²) >= 11 is 0. The lowest BCUT2D eigenvalue weighted by Crippen LogP contribution is -2.39. The van der Waals surface area contributed by atoms with Gasteiger partial charge in [0.25, 0.3) is 0 Å². The second-order valence-corrected chi connectivity index (χ2v) is 5.77. The summed E-state index contributed by atoms with van der Waals surface area (Å²) in [6.45, 7) is 1.50. The fourth-order valence-corrected chi connectivity index (χ4v) is 2.87. The Morgan fingerprint density at radius 3 is 2.62 bits per heavy atom. The molecule has 4 heteroatoms. The summed E-state index contributed by atoms with van der Waals surface area (Å²) < 4.78 is 0. The van der Waals surface area contributed by atoms with Crippen LogP contribution in [0.3, 0.4) is 0 Å². The van der Waals surface area contributed by atoms with Gasteiger partial charge in [-0.15, -0.1) is 0 Å². The molecule has 0 bridgehead atoms. The van der Waals surface area contributed by atoms with Gasteiger partial charge in [0.2, 0.25) is 5.91 Å². The Balaban J connectivity index is 1.72. The van der Waals surface area contributed by atoms with Gasteiger partial charge in [-0.3, -0.25) is 4.79 Å². The summed E-state index contributed by atoms with van der Waals surface area (Å²) in [4.78, 5) is 14.3. The molecule has 1 amide bonds. The minimum absolute atomic E-state index is 0.0788. The monoisotopic (exact) mass is 285 g/mol. The molecule has 21 heavy (non-hydrogen) atoms. The number of nitrogens with one attached hydrogen (secondary N) is 1. The van der Waals surface area contributed by atoms with Crippen LogP contribution < -0.4 is 10.2 Å². The second kappa shape index (κ2) is 7.12. The van der Waals surface area contributed by atoms with Crippen molar-refractivity contribution in [2.75, 3.05) is 25.0 Å². The molecule has 2 rings (SSSR count). The quantitative estimate of drug-likeness (QED) is 0.818. The van der Waals surface area contributed by atoms with Crippen LogP contribution in [-0.4, -0.2) is 26.0 Å². The van der Waals surface area contributed by atoms with Crippen molar-refractivity contribution in [2.45, 2.75) is 32.1 Å². The van der Waals surface area contributed by atoms with E-state index in [-0.39, 0.29) is 5.91 Å². The van der Waals surface area contributed by atoms with Crippen LogP contribution in [0.4, 0.5) is 5.69 Å². The van der Waals surface area contributed by atoms with Crippen molar-refractivity contribution in [2.24, 2.45) is 5.41 Å². The third-order valence-corrected chi connectivity index (χ3v) is 4.26. The normalized spacial score (nSPS) is 16.2. The zero-order chi connectivity index (χ0) is 15.1. The number of hydrogen-bond acceptors (Lipinski definition) is 3. The molecule has 4 nitrogen and oxygen atoms in total. The smallest absolute Gasteiger partial charge is 0.240 e. The van der Waals surface area contributed by atoms with Crippen LogP contribution in [0, 0.1) is 16.7 Å². The molecule has 1 aliphatic rings. The van der Waals surface area contributed by atoms with Crippen molar-refractivity contribution in [1.29, 1.82) is 5.26 Å². The molecule has 1 saturated carbocycles. The Morgan fingerprint density at radius 2 is 2.00 bits per heavy atom. The molecular weight excluding hydrogens is 262 g/mol. The molecule has 1 aromatic rings. The van der Waals surface area contributed by atoms with Gasteiger partial charge < -0.3 is 10.2 Å². The molecule has 0 unspecified atom stereocenters. The lowest BCUT2D eigenvalue weighted by atomic mass is 9.87. The maximum atomic E-state index is 12.2. The van der Waals surface area contributed by atoms with E-state index in [1.54, 1.807) is 0 Å². The molecule has 0 spiro atoms. The van der Waals surface area contributed by atoms with Crippen LogP contribution in [0.1, 0.15) is 32.1 Å². The molecule has 1 aromatic carbocycles. The van der Waals surface area contributed by atoms with Crippen molar-refractivity contribution in [3.05, 3.63) is 30.3 Å². The van der Waals surface area contributed by atoms with Crippen molar-refractivity contribution in [3.8, 4) is 6.07 Å². The number of anilines is 1. The van der Waals surface area contributed by atoms with Crippen LogP contribution in [0.5, 0.6) is 0 Å². The molecule has 0 heterocycles. The van der Waals surface area contributed by atoms with Crippen molar-refractivity contribution in [3.63, 3.8) is 0 Å². The maximum Gasteiger partial charge on any atom is 0.240 e. The van der Waals surface area contributed by atoms with Crippen molar-refractivity contribution >= 4 is 11.6 Å². The summed E-state index contributed by atoms with van der Waals surface area (Å²) in [6.07, 6.45) is 4.26. The standard InChI is InChI=1S/C17H23N3O/c1-20(15-8-3-2-4-9-15)13-7-12-19-16(21)17(14-18)10-5-6-11-17/h2-4,8-9H,5-7,10-13H2,1H3,(H,19,21). The van der Waals surface area contributed by atoms with E-state index in [9.17, 15) is 10.1 Å². The van der Waals surface area contributed by atoms with Gasteiger partial charge in [0, 0.05) is 25.8 Å². The maximum absolute atomic E-state index is 12.2. The molecular formula is C17H23N3O. The average molecular weight is 285 g/mol. The summed E-state index contributed by atoms with van der Waals surface area (Å²) in [5, 5.41) is 12.2. The Morgan fingerprint density at radius 1 is 1.33 bits per heavy atom. The third kappa shape index (κ3) is 3.75. The number of hydrogen-bond donors (Lipinski definition) is 1. The minimum atomic E-state index is -0.759. The van der Waals surface area contributed by atoms with Gasteiger partial charge in [-0.2, -0.15) is 5.26 Å². The fourth-order valence-electron chi connectivity index (χ4n) is 2.87. The van der Waals surface area contributed by atoms with Crippen LogP contribution in [0.25, 0.3) is 0 Å². The van der Waals surface area contributed by atoms with Gasteiger partial charge in [0.05, 0.1) is 6.07 Å². The molecule has 1 N–H and O–H groups in total. The Kier molecular flexibility index (Phi) is 5.21. The highest BCUT2D eigenvalue weighted by molar-refractivity contribution is 5.85. The van der Waals surface area contributed by atoms with E-state index in [1.165, 1.54) is 5.69 Å². The van der Waals surface area contributed by atoms with Crippen molar-refractivity contribution in [1.82, 2.24) is 5.32 Å². The fraction of sp³-hybridized carbons (Fsp3) is 0.529. The van der Waals surface area contributed by atoms with E-state index in [0.717, 1.165) is 25.8 Å². The summed E-state index contributed by atoms with van der Waals surface area (Å²) in [6, 6.07) is 12.4. The van der Waals surface area contributed by atoms with Crippen LogP contribution in [-0.2, 0) is 4.79 Å². The van der Waals surface area contributed by atoms with E-state index in [1.807, 2.05) is 25.2 Å². The van der Waals surface area contributed by atoms with Gasteiger partial charge in [-0.1, -0.05) is 31.0 Å². The van der Waals surface area contributed by atoms with Crippen molar-refractivity contribution < 1.29 is 4.79 Å². The number of nitriles is 1. The van der Waals surface area contributed by atoms with E-state index < -0.39 is 5.41 Å². The van der Waals surface area contributed by atoms with E-state index >= 15 is 0 Å². The van der Waals surface area contributed by atoms with Crippen LogP contribution in [0.15, 0.2) is 30.3 Å². The summed E-state index contributed by atoms with van der Waals surface area (Å²) in [5.74, 6) is -0.0788. The summed E-state index contributed by atoms with van der Waals surface area (Å²) in [7, 11) is 2.05. The molecule has 1 aliphatic carbocycles. The van der Waals surface area contributed by atoms with Gasteiger partial charge >= 0.3 is 0 Å². The number of benzene rings is 1. The first-order valence-corrected chi connectivity index (χ1v) is 7.64. The SMILES string of the molecule is CN(CCCNC(=O)C1(C#N)CCCC1)c1ccccc1. The number of amides is 1. The number of carbonyl (C=O) groups is 1. The number of rotatable bonds is 6. The largest absolute Gasteiger partial charge is 0.375 e. The van der Waals surface area contributed by atoms with E-state index in [0.29, 0.717) is 19.4 Å². The van der Waals surface area contributed by atoms with Gasteiger partial charge in [0.1, 0.15) is 5.41 Å². The molecule has 112 valence electrons. The number of carbonyl (C=O) groups excluding carboxylic acids is 1. The first-order chi connectivity index (χ1) is 10.2. The second-order valence-electron chi connectivity index (χ2n) is 5.77. The molecule has 0 radical (unpaired) electrons. The lowest BCUT2D eigenvalue weighted by molar-refractivity contribution is -0.127. The molecule has 0 saturated heterocycles. The highest BCUT2D eigenvalue weighted by atomic mass is 16.2. The zero-order valence-electron chi connectivity index (χ0n) is 12.6.